The SMILES string of the molecule is CCCN(Cc1cc(Cl)ccc1OC)CC(C)(C)CN. The van der Waals surface area contributed by atoms with Gasteiger partial charge in [0.25, 0.3) is 0 Å². The average molecular weight is 299 g/mol. The number of hydrogen-bond acceptors (Lipinski definition) is 3. The molecule has 4 heteroatoms. The molecule has 0 radical (unpaired) electrons. The summed E-state index contributed by atoms with van der Waals surface area (Å²) in [6, 6.07) is 5.77. The first-order chi connectivity index (χ1) is 9.41. The van der Waals surface area contributed by atoms with E-state index in [0.717, 1.165) is 42.4 Å². The number of methoxy groups -OCH3 is 1. The van der Waals surface area contributed by atoms with Gasteiger partial charge in [0.15, 0.2) is 0 Å². The fraction of sp³-hybridized carbons (Fsp3) is 0.625. The first-order valence-corrected chi connectivity index (χ1v) is 7.54. The van der Waals surface area contributed by atoms with Gasteiger partial charge >= 0.3 is 0 Å². The van der Waals surface area contributed by atoms with Crippen LogP contribution < -0.4 is 10.5 Å². The van der Waals surface area contributed by atoms with E-state index in [4.69, 9.17) is 22.1 Å². The van der Waals surface area contributed by atoms with E-state index >= 15 is 0 Å². The van der Waals surface area contributed by atoms with Crippen molar-refractivity contribution < 1.29 is 4.74 Å². The molecule has 0 atom stereocenters. The van der Waals surface area contributed by atoms with Gasteiger partial charge in [-0.05, 0) is 43.1 Å². The summed E-state index contributed by atoms with van der Waals surface area (Å²) in [5.74, 6) is 0.890. The first kappa shape index (κ1) is 17.3. The molecule has 0 spiro atoms. The standard InChI is InChI=1S/C16H27ClN2O/c1-5-8-19(12-16(2,3)11-18)10-13-9-14(17)6-7-15(13)20-4/h6-7,9H,5,8,10-12,18H2,1-4H3. The van der Waals surface area contributed by atoms with Crippen LogP contribution in [0.3, 0.4) is 0 Å². The number of benzene rings is 1. The van der Waals surface area contributed by atoms with Crippen molar-refractivity contribution in [3.63, 3.8) is 0 Å². The molecule has 0 aliphatic carbocycles. The zero-order valence-electron chi connectivity index (χ0n) is 13.1. The van der Waals surface area contributed by atoms with Crippen LogP contribution in [0.4, 0.5) is 0 Å². The fourth-order valence-corrected chi connectivity index (χ4v) is 2.51. The van der Waals surface area contributed by atoms with Crippen LogP contribution >= 0.6 is 11.6 Å². The minimum atomic E-state index is 0.112. The van der Waals surface area contributed by atoms with Gasteiger partial charge in [-0.15, -0.1) is 0 Å². The Labute approximate surface area is 128 Å². The van der Waals surface area contributed by atoms with Gasteiger partial charge in [-0.25, -0.2) is 0 Å². The second-order valence-electron chi connectivity index (χ2n) is 6.04. The molecule has 0 heterocycles. The van der Waals surface area contributed by atoms with E-state index in [1.807, 2.05) is 18.2 Å². The molecule has 20 heavy (non-hydrogen) atoms. The maximum Gasteiger partial charge on any atom is 0.123 e. The zero-order chi connectivity index (χ0) is 15.2. The normalized spacial score (nSPS) is 11.9. The summed E-state index contributed by atoms with van der Waals surface area (Å²) in [6.45, 7) is 10.1. The van der Waals surface area contributed by atoms with E-state index in [1.54, 1.807) is 7.11 Å². The average Bonchev–Trinajstić information content (AvgIpc) is 2.39. The number of nitrogens with two attached hydrogens (primary N) is 1. The largest absolute Gasteiger partial charge is 0.496 e. The van der Waals surface area contributed by atoms with Gasteiger partial charge in [0.1, 0.15) is 5.75 Å². The van der Waals surface area contributed by atoms with Crippen molar-refractivity contribution in [2.75, 3.05) is 26.7 Å². The Morgan fingerprint density at radius 2 is 2.05 bits per heavy atom. The molecule has 1 aromatic rings. The van der Waals surface area contributed by atoms with Gasteiger partial charge in [0.05, 0.1) is 7.11 Å². The van der Waals surface area contributed by atoms with Gasteiger partial charge in [-0.3, -0.25) is 4.90 Å². The minimum absolute atomic E-state index is 0.112. The van der Waals surface area contributed by atoms with Gasteiger partial charge in [-0.1, -0.05) is 32.4 Å². The Morgan fingerprint density at radius 1 is 1.35 bits per heavy atom. The molecule has 0 fully saturated rings. The van der Waals surface area contributed by atoms with Gasteiger partial charge in [0, 0.05) is 23.7 Å². The molecule has 114 valence electrons. The van der Waals surface area contributed by atoms with Crippen LogP contribution in [0.25, 0.3) is 0 Å². The van der Waals surface area contributed by atoms with E-state index in [-0.39, 0.29) is 5.41 Å². The molecular weight excluding hydrogens is 272 g/mol. The van der Waals surface area contributed by atoms with E-state index in [9.17, 15) is 0 Å². The van der Waals surface area contributed by atoms with Crippen LogP contribution in [0, 0.1) is 5.41 Å². The van der Waals surface area contributed by atoms with Crippen molar-refractivity contribution in [3.8, 4) is 5.75 Å². The summed E-state index contributed by atoms with van der Waals surface area (Å²) in [5, 5.41) is 0.746. The summed E-state index contributed by atoms with van der Waals surface area (Å²) < 4.78 is 5.43. The Balaban J connectivity index is 2.87. The third-order valence-electron chi connectivity index (χ3n) is 3.38. The van der Waals surface area contributed by atoms with Crippen LogP contribution in [0.2, 0.25) is 5.02 Å². The van der Waals surface area contributed by atoms with Crippen LogP contribution in [-0.2, 0) is 6.54 Å². The van der Waals surface area contributed by atoms with Crippen molar-refractivity contribution in [3.05, 3.63) is 28.8 Å². The minimum Gasteiger partial charge on any atom is -0.496 e. The molecule has 2 N–H and O–H groups in total. The van der Waals surface area contributed by atoms with E-state index in [0.29, 0.717) is 6.54 Å². The summed E-state index contributed by atoms with van der Waals surface area (Å²) in [5.41, 5.74) is 7.09. The molecule has 0 amide bonds. The summed E-state index contributed by atoms with van der Waals surface area (Å²) in [6.07, 6.45) is 1.11. The van der Waals surface area contributed by atoms with Crippen molar-refractivity contribution in [1.82, 2.24) is 4.90 Å². The molecule has 0 bridgehead atoms. The molecule has 0 aromatic heterocycles. The lowest BCUT2D eigenvalue weighted by atomic mass is 9.93. The number of rotatable bonds is 8. The highest BCUT2D eigenvalue weighted by Crippen LogP contribution is 2.25. The van der Waals surface area contributed by atoms with Crippen molar-refractivity contribution >= 4 is 11.6 Å². The highest BCUT2D eigenvalue weighted by atomic mass is 35.5. The number of ether oxygens (including phenoxy) is 1. The van der Waals surface area contributed by atoms with Crippen LogP contribution in [0.15, 0.2) is 18.2 Å². The lowest BCUT2D eigenvalue weighted by Gasteiger charge is -2.32. The van der Waals surface area contributed by atoms with Crippen LogP contribution in [0.1, 0.15) is 32.8 Å². The monoisotopic (exact) mass is 298 g/mol. The second-order valence-corrected chi connectivity index (χ2v) is 6.47. The highest BCUT2D eigenvalue weighted by molar-refractivity contribution is 6.30. The topological polar surface area (TPSA) is 38.5 Å². The summed E-state index contributed by atoms with van der Waals surface area (Å²) in [4.78, 5) is 2.42. The molecule has 0 saturated heterocycles. The number of nitrogens with zero attached hydrogens (tertiary/aromatic N) is 1. The van der Waals surface area contributed by atoms with Gasteiger partial charge in [-0.2, -0.15) is 0 Å². The second kappa shape index (κ2) is 7.87. The van der Waals surface area contributed by atoms with Crippen LogP contribution in [-0.4, -0.2) is 31.6 Å². The quantitative estimate of drug-likeness (QED) is 0.798. The molecule has 1 aromatic carbocycles. The predicted molar refractivity (Wildman–Crippen MR) is 86.4 cm³/mol. The molecule has 0 saturated carbocycles. The van der Waals surface area contributed by atoms with Gasteiger partial charge in [0.2, 0.25) is 0 Å². The maximum atomic E-state index is 6.10. The van der Waals surface area contributed by atoms with Gasteiger partial charge < -0.3 is 10.5 Å². The lowest BCUT2D eigenvalue weighted by Crippen LogP contribution is -2.38. The third-order valence-corrected chi connectivity index (χ3v) is 3.62. The summed E-state index contributed by atoms with van der Waals surface area (Å²) in [7, 11) is 1.70. The molecule has 0 unspecified atom stereocenters. The first-order valence-electron chi connectivity index (χ1n) is 7.16. The van der Waals surface area contributed by atoms with Crippen molar-refractivity contribution in [1.29, 1.82) is 0 Å². The van der Waals surface area contributed by atoms with E-state index in [2.05, 4.69) is 25.7 Å². The predicted octanol–water partition coefficient (Wildman–Crippen LogP) is 3.55. The molecule has 0 aliphatic rings. The number of halogens is 1. The Kier molecular flexibility index (Phi) is 6.80. The van der Waals surface area contributed by atoms with E-state index < -0.39 is 0 Å². The van der Waals surface area contributed by atoms with Crippen molar-refractivity contribution in [2.45, 2.75) is 33.7 Å². The molecule has 0 aliphatic heterocycles. The third kappa shape index (κ3) is 5.31. The maximum absolute atomic E-state index is 6.10. The Hall–Kier alpha value is -0.770. The lowest BCUT2D eigenvalue weighted by molar-refractivity contribution is 0.174. The fourth-order valence-electron chi connectivity index (χ4n) is 2.31. The highest BCUT2D eigenvalue weighted by Gasteiger charge is 2.20. The molecule has 3 nitrogen and oxygen atoms in total. The smallest absolute Gasteiger partial charge is 0.123 e. The summed E-state index contributed by atoms with van der Waals surface area (Å²) >= 11 is 6.10. The van der Waals surface area contributed by atoms with Crippen molar-refractivity contribution in [2.24, 2.45) is 11.1 Å². The molecular formula is C16H27ClN2O. The Bertz CT molecular complexity index is 421. The Morgan fingerprint density at radius 3 is 2.60 bits per heavy atom. The zero-order valence-corrected chi connectivity index (χ0v) is 13.8. The number of hydrogen-bond donors (Lipinski definition) is 1. The van der Waals surface area contributed by atoms with Crippen LogP contribution in [0.5, 0.6) is 5.75 Å². The molecule has 1 rings (SSSR count). The van der Waals surface area contributed by atoms with E-state index in [1.165, 1.54) is 0 Å².